The molecule has 24 heavy (non-hydrogen) atoms. The molecule has 0 N–H and O–H groups in total. The normalized spacial score (nSPS) is 27.4. The largest absolute Gasteiger partial charge is 0.454 e. The lowest BCUT2D eigenvalue weighted by atomic mass is 9.67. The fraction of sp³-hybridized carbons (Fsp3) is 0.526. The summed E-state index contributed by atoms with van der Waals surface area (Å²) in [6.07, 6.45) is 3.10. The van der Waals surface area contributed by atoms with Gasteiger partial charge in [0.2, 0.25) is 5.78 Å². The molecule has 0 spiro atoms. The van der Waals surface area contributed by atoms with E-state index in [1.54, 1.807) is 31.2 Å². The lowest BCUT2D eigenvalue weighted by Crippen LogP contribution is -2.40. The van der Waals surface area contributed by atoms with Crippen molar-refractivity contribution in [3.05, 3.63) is 34.9 Å². The van der Waals surface area contributed by atoms with Gasteiger partial charge in [0.25, 0.3) is 0 Å². The number of esters is 1. The molecule has 0 heterocycles. The zero-order valence-electron chi connectivity index (χ0n) is 13.7. The first-order valence-electron chi connectivity index (χ1n) is 8.49. The maximum absolute atomic E-state index is 12.4. The number of hydrogen-bond donors (Lipinski definition) is 0. The van der Waals surface area contributed by atoms with E-state index in [0.717, 1.165) is 19.3 Å². The molecule has 2 aliphatic carbocycles. The van der Waals surface area contributed by atoms with Crippen LogP contribution in [0.2, 0.25) is 5.02 Å². The highest BCUT2D eigenvalue weighted by Gasteiger charge is 2.42. The number of rotatable bonds is 4. The Morgan fingerprint density at radius 1 is 1.12 bits per heavy atom. The zero-order valence-corrected chi connectivity index (χ0v) is 14.4. The molecule has 2 bridgehead atoms. The van der Waals surface area contributed by atoms with Gasteiger partial charge in [0.05, 0.1) is 5.92 Å². The minimum Gasteiger partial charge on any atom is -0.454 e. The Morgan fingerprint density at radius 2 is 1.71 bits per heavy atom. The van der Waals surface area contributed by atoms with Crippen molar-refractivity contribution in [1.29, 1.82) is 0 Å². The highest BCUT2D eigenvalue weighted by molar-refractivity contribution is 6.30. The average molecular weight is 349 g/mol. The molecule has 0 amide bonds. The van der Waals surface area contributed by atoms with Crippen LogP contribution in [0.1, 0.15) is 49.4 Å². The third-order valence-corrected chi connectivity index (χ3v) is 5.42. The molecule has 0 saturated heterocycles. The number of benzene rings is 1. The van der Waals surface area contributed by atoms with Crippen molar-refractivity contribution < 1.29 is 19.1 Å². The zero-order chi connectivity index (χ0) is 17.3. The quantitative estimate of drug-likeness (QED) is 0.612. The molecule has 0 unspecified atom stereocenters. The SMILES string of the molecule is C[C@@H](OC(=O)C1C[C@@H]2CCC[C@@H](C1)C2=O)C(=O)c1ccc(Cl)cc1. The van der Waals surface area contributed by atoms with Crippen molar-refractivity contribution in [1.82, 2.24) is 0 Å². The van der Waals surface area contributed by atoms with E-state index in [2.05, 4.69) is 0 Å². The van der Waals surface area contributed by atoms with E-state index < -0.39 is 6.10 Å². The number of Topliss-reactive ketones (excluding diaryl/α,β-unsaturated/α-hetero) is 2. The van der Waals surface area contributed by atoms with Crippen LogP contribution in [0.25, 0.3) is 0 Å². The molecule has 128 valence electrons. The number of halogens is 1. The molecule has 3 atom stereocenters. The number of ether oxygens (including phenoxy) is 1. The van der Waals surface area contributed by atoms with E-state index in [0.29, 0.717) is 29.2 Å². The van der Waals surface area contributed by atoms with Gasteiger partial charge in [-0.25, -0.2) is 0 Å². The number of ketones is 2. The first kappa shape index (κ1) is 17.2. The van der Waals surface area contributed by atoms with Crippen LogP contribution in [0.3, 0.4) is 0 Å². The summed E-state index contributed by atoms with van der Waals surface area (Å²) in [5.41, 5.74) is 0.468. The highest BCUT2D eigenvalue weighted by Crippen LogP contribution is 2.40. The van der Waals surface area contributed by atoms with Crippen molar-refractivity contribution in [2.24, 2.45) is 17.8 Å². The minimum absolute atomic E-state index is 0.00248. The lowest BCUT2D eigenvalue weighted by molar-refractivity contribution is -0.155. The van der Waals surface area contributed by atoms with Crippen molar-refractivity contribution in [3.8, 4) is 0 Å². The summed E-state index contributed by atoms with van der Waals surface area (Å²) in [5.74, 6) is -0.551. The second-order valence-electron chi connectivity index (χ2n) is 6.85. The first-order chi connectivity index (χ1) is 11.5. The number of fused-ring (bicyclic) bond motifs is 2. The Morgan fingerprint density at radius 3 is 2.29 bits per heavy atom. The Bertz CT molecular complexity index is 636. The van der Waals surface area contributed by atoms with Gasteiger partial charge in [-0.2, -0.15) is 0 Å². The molecule has 3 rings (SSSR count). The second-order valence-corrected chi connectivity index (χ2v) is 7.28. The van der Waals surface area contributed by atoms with E-state index in [1.807, 2.05) is 0 Å². The summed E-state index contributed by atoms with van der Waals surface area (Å²) in [7, 11) is 0. The van der Waals surface area contributed by atoms with Crippen molar-refractivity contribution >= 4 is 29.1 Å². The molecular weight excluding hydrogens is 328 g/mol. The molecule has 0 radical (unpaired) electrons. The summed E-state index contributed by atoms with van der Waals surface area (Å²) < 4.78 is 5.40. The summed E-state index contributed by atoms with van der Waals surface area (Å²) in [6.45, 7) is 1.59. The molecular formula is C19H21ClO4. The Balaban J connectivity index is 1.61. The van der Waals surface area contributed by atoms with Crippen LogP contribution >= 0.6 is 11.6 Å². The first-order valence-corrected chi connectivity index (χ1v) is 8.87. The van der Waals surface area contributed by atoms with Crippen molar-refractivity contribution in [3.63, 3.8) is 0 Å². The highest BCUT2D eigenvalue weighted by atomic mass is 35.5. The predicted octanol–water partition coefficient (Wildman–Crippen LogP) is 3.85. The standard InChI is InChI=1S/C19H21ClO4/c1-11(17(21)12-5-7-16(20)8-6-12)24-19(23)15-9-13-3-2-4-14(10-15)18(13)22/h5-8,11,13-15H,2-4,9-10H2,1H3/t11-,13+,14+/m1/s1. The summed E-state index contributed by atoms with van der Waals surface area (Å²) in [5, 5.41) is 0.551. The Labute approximate surface area is 146 Å². The molecule has 1 aromatic carbocycles. The molecule has 4 nitrogen and oxygen atoms in total. The Hall–Kier alpha value is -1.68. The number of carbonyl (C=O) groups is 3. The second kappa shape index (κ2) is 7.06. The predicted molar refractivity (Wildman–Crippen MR) is 89.9 cm³/mol. The summed E-state index contributed by atoms with van der Waals surface area (Å²) in [6, 6.07) is 6.52. The van der Waals surface area contributed by atoms with E-state index in [9.17, 15) is 14.4 Å². The van der Waals surface area contributed by atoms with Gasteiger partial charge in [-0.15, -0.1) is 0 Å². The maximum atomic E-state index is 12.4. The van der Waals surface area contributed by atoms with Crippen LogP contribution < -0.4 is 0 Å². The molecule has 2 fully saturated rings. The smallest absolute Gasteiger partial charge is 0.309 e. The van der Waals surface area contributed by atoms with Gasteiger partial charge in [-0.05, 0) is 56.9 Å². The molecule has 1 aromatic rings. The van der Waals surface area contributed by atoms with Crippen LogP contribution in [0.5, 0.6) is 0 Å². The van der Waals surface area contributed by atoms with Gasteiger partial charge in [0.1, 0.15) is 5.78 Å². The third kappa shape index (κ3) is 3.54. The number of carbonyl (C=O) groups excluding carboxylic acids is 3. The summed E-state index contributed by atoms with van der Waals surface area (Å²) >= 11 is 5.82. The van der Waals surface area contributed by atoms with E-state index in [4.69, 9.17) is 16.3 Å². The topological polar surface area (TPSA) is 60.4 Å². The molecule has 0 aliphatic heterocycles. The molecule has 5 heteroatoms. The van der Waals surface area contributed by atoms with Crippen molar-refractivity contribution in [2.45, 2.75) is 45.1 Å². The van der Waals surface area contributed by atoms with Crippen LogP contribution in [-0.2, 0) is 14.3 Å². The van der Waals surface area contributed by atoms with Gasteiger partial charge in [0.15, 0.2) is 6.10 Å². The van der Waals surface area contributed by atoms with E-state index in [-0.39, 0.29) is 29.5 Å². The maximum Gasteiger partial charge on any atom is 0.309 e. The van der Waals surface area contributed by atoms with Gasteiger partial charge in [-0.1, -0.05) is 18.0 Å². The van der Waals surface area contributed by atoms with E-state index in [1.165, 1.54) is 0 Å². The van der Waals surface area contributed by atoms with Gasteiger partial charge < -0.3 is 4.74 Å². The molecule has 2 aliphatic rings. The summed E-state index contributed by atoms with van der Waals surface area (Å²) in [4.78, 5) is 36.9. The fourth-order valence-corrected chi connectivity index (χ4v) is 3.97. The Kier molecular flexibility index (Phi) is 5.04. The monoisotopic (exact) mass is 348 g/mol. The minimum atomic E-state index is -0.837. The van der Waals surface area contributed by atoms with E-state index >= 15 is 0 Å². The lowest BCUT2D eigenvalue weighted by Gasteiger charge is -2.36. The van der Waals surface area contributed by atoms with Crippen molar-refractivity contribution in [2.75, 3.05) is 0 Å². The van der Waals surface area contributed by atoms with Gasteiger partial charge >= 0.3 is 5.97 Å². The van der Waals surface area contributed by atoms with Crippen LogP contribution in [-0.4, -0.2) is 23.6 Å². The van der Waals surface area contributed by atoms with Gasteiger partial charge in [-0.3, -0.25) is 14.4 Å². The third-order valence-electron chi connectivity index (χ3n) is 5.17. The average Bonchev–Trinajstić information content (AvgIpc) is 2.54. The fourth-order valence-electron chi connectivity index (χ4n) is 3.84. The van der Waals surface area contributed by atoms with Crippen LogP contribution in [0, 0.1) is 17.8 Å². The van der Waals surface area contributed by atoms with Crippen LogP contribution in [0.15, 0.2) is 24.3 Å². The van der Waals surface area contributed by atoms with Crippen LogP contribution in [0.4, 0.5) is 0 Å². The van der Waals surface area contributed by atoms with Gasteiger partial charge in [0, 0.05) is 22.4 Å². The number of hydrogen-bond acceptors (Lipinski definition) is 4. The molecule has 2 saturated carbocycles. The molecule has 0 aromatic heterocycles.